The molecule has 0 fully saturated rings. The molecular weight excluding hydrogens is 146 g/mol. The van der Waals surface area contributed by atoms with Crippen molar-refractivity contribution in [1.82, 2.24) is 0 Å². The van der Waals surface area contributed by atoms with E-state index in [0.717, 1.165) is 16.7 Å². The Morgan fingerprint density at radius 3 is 2.50 bits per heavy atom. The molecule has 0 bridgehead atoms. The van der Waals surface area contributed by atoms with E-state index in [-0.39, 0.29) is 0 Å². The zero-order valence-corrected chi connectivity index (χ0v) is 7.33. The van der Waals surface area contributed by atoms with Crippen molar-refractivity contribution in [1.29, 1.82) is 5.26 Å². The summed E-state index contributed by atoms with van der Waals surface area (Å²) in [4.78, 5) is 0. The van der Waals surface area contributed by atoms with Crippen LogP contribution in [0.1, 0.15) is 13.8 Å². The molecule has 1 nitrogen and oxygen atoms in total. The first-order valence-electron chi connectivity index (χ1n) is 3.88. The summed E-state index contributed by atoms with van der Waals surface area (Å²) in [6.07, 6.45) is 9.75. The van der Waals surface area contributed by atoms with Crippen LogP contribution in [-0.4, -0.2) is 0 Å². The van der Waals surface area contributed by atoms with Crippen LogP contribution >= 0.6 is 0 Å². The van der Waals surface area contributed by atoms with Crippen molar-refractivity contribution in [3.63, 3.8) is 0 Å². The molecule has 60 valence electrons. The summed E-state index contributed by atoms with van der Waals surface area (Å²) in [5.41, 5.74) is 2.87. The van der Waals surface area contributed by atoms with E-state index >= 15 is 0 Å². The first-order valence-corrected chi connectivity index (χ1v) is 3.88. The average molecular weight is 157 g/mol. The van der Waals surface area contributed by atoms with E-state index in [0.29, 0.717) is 0 Å². The molecule has 0 unspecified atom stereocenters. The van der Waals surface area contributed by atoms with Gasteiger partial charge in [0.1, 0.15) is 0 Å². The normalized spacial score (nSPS) is 23.6. The van der Waals surface area contributed by atoms with Crippen LogP contribution in [0, 0.1) is 11.3 Å². The van der Waals surface area contributed by atoms with Gasteiger partial charge in [-0.05, 0) is 31.1 Å². The summed E-state index contributed by atoms with van der Waals surface area (Å²) in [6.45, 7) is 3.93. The molecule has 0 aromatic heterocycles. The summed E-state index contributed by atoms with van der Waals surface area (Å²) in [7, 11) is 0. The van der Waals surface area contributed by atoms with E-state index in [9.17, 15) is 0 Å². The Morgan fingerprint density at radius 2 is 1.83 bits per heavy atom. The van der Waals surface area contributed by atoms with E-state index in [1.807, 2.05) is 44.2 Å². The summed E-state index contributed by atoms with van der Waals surface area (Å²) in [5.74, 6) is 0. The molecule has 0 aromatic rings. The molecule has 0 saturated carbocycles. The van der Waals surface area contributed by atoms with Gasteiger partial charge in [0.15, 0.2) is 0 Å². The van der Waals surface area contributed by atoms with Gasteiger partial charge in [0, 0.05) is 0 Å². The van der Waals surface area contributed by atoms with Crippen LogP contribution in [0.15, 0.2) is 47.1 Å². The number of hydrogen-bond acceptors (Lipinski definition) is 1. The molecule has 0 aliphatic heterocycles. The lowest BCUT2D eigenvalue weighted by Crippen LogP contribution is -1.84. The van der Waals surface area contributed by atoms with E-state index < -0.39 is 0 Å². The molecule has 0 heterocycles. The molecule has 1 aliphatic rings. The predicted octanol–water partition coefficient (Wildman–Crippen LogP) is 2.90. The minimum Gasteiger partial charge on any atom is -0.192 e. The predicted molar refractivity (Wildman–Crippen MR) is 50.4 cm³/mol. The van der Waals surface area contributed by atoms with E-state index in [2.05, 4.69) is 6.07 Å². The fraction of sp³-hybridized carbons (Fsp3) is 0.182. The van der Waals surface area contributed by atoms with Crippen molar-refractivity contribution in [2.75, 3.05) is 0 Å². The highest BCUT2D eigenvalue weighted by molar-refractivity contribution is 5.48. The molecule has 0 atom stereocenters. The summed E-state index contributed by atoms with van der Waals surface area (Å²) >= 11 is 0. The highest BCUT2D eigenvalue weighted by Crippen LogP contribution is 2.13. The number of nitriles is 1. The van der Waals surface area contributed by atoms with E-state index in [1.165, 1.54) is 0 Å². The SMILES string of the molecule is CC1=C/C=C\C=C(\C)C=C1C#N. The highest BCUT2D eigenvalue weighted by atomic mass is 14.2. The molecule has 0 spiro atoms. The topological polar surface area (TPSA) is 23.8 Å². The molecule has 1 heteroatoms. The number of hydrogen-bond donors (Lipinski definition) is 0. The van der Waals surface area contributed by atoms with Crippen LogP contribution in [0.3, 0.4) is 0 Å². The van der Waals surface area contributed by atoms with Crippen LogP contribution in [0.2, 0.25) is 0 Å². The largest absolute Gasteiger partial charge is 0.192 e. The second-order valence-electron chi connectivity index (χ2n) is 2.82. The van der Waals surface area contributed by atoms with Gasteiger partial charge in [-0.3, -0.25) is 0 Å². The lowest BCUT2D eigenvalue weighted by Gasteiger charge is -1.99. The van der Waals surface area contributed by atoms with Gasteiger partial charge in [0.05, 0.1) is 11.6 Å². The molecule has 1 aliphatic carbocycles. The van der Waals surface area contributed by atoms with Gasteiger partial charge < -0.3 is 0 Å². The standard InChI is InChI=1S/C11H11N/c1-9-5-3-4-6-10(2)11(7-9)8-12/h3-7H,1-2H3/b4-3-,5-3?,6-4?,9-5-,9-7?,10-6?,11-7?,11-10?. The van der Waals surface area contributed by atoms with Crippen molar-refractivity contribution in [3.05, 3.63) is 47.1 Å². The van der Waals surface area contributed by atoms with Gasteiger partial charge in [-0.2, -0.15) is 5.26 Å². The molecule has 0 radical (unpaired) electrons. The summed E-state index contributed by atoms with van der Waals surface area (Å²) in [6, 6.07) is 2.17. The van der Waals surface area contributed by atoms with Crippen molar-refractivity contribution in [3.8, 4) is 6.07 Å². The maximum absolute atomic E-state index is 8.79. The van der Waals surface area contributed by atoms with Crippen LogP contribution in [0.4, 0.5) is 0 Å². The molecule has 0 aromatic carbocycles. The fourth-order valence-corrected chi connectivity index (χ4v) is 1.01. The van der Waals surface area contributed by atoms with Gasteiger partial charge >= 0.3 is 0 Å². The van der Waals surface area contributed by atoms with Crippen molar-refractivity contribution >= 4 is 0 Å². The fourth-order valence-electron chi connectivity index (χ4n) is 1.01. The smallest absolute Gasteiger partial charge is 0.0994 e. The van der Waals surface area contributed by atoms with Crippen LogP contribution in [0.25, 0.3) is 0 Å². The second kappa shape index (κ2) is 3.73. The van der Waals surface area contributed by atoms with E-state index in [4.69, 9.17) is 5.26 Å². The molecule has 12 heavy (non-hydrogen) atoms. The number of nitrogens with zero attached hydrogens (tertiary/aromatic N) is 1. The van der Waals surface area contributed by atoms with Crippen molar-refractivity contribution < 1.29 is 0 Å². The van der Waals surface area contributed by atoms with Crippen LogP contribution in [0.5, 0.6) is 0 Å². The minimum absolute atomic E-state index is 0.744. The molecular formula is C11H11N. The second-order valence-corrected chi connectivity index (χ2v) is 2.82. The minimum atomic E-state index is 0.744. The number of allylic oxidation sites excluding steroid dienone is 8. The van der Waals surface area contributed by atoms with Crippen LogP contribution < -0.4 is 0 Å². The van der Waals surface area contributed by atoms with Gasteiger partial charge in [-0.1, -0.05) is 24.3 Å². The zero-order valence-electron chi connectivity index (χ0n) is 7.33. The molecule has 1 rings (SSSR count). The summed E-state index contributed by atoms with van der Waals surface area (Å²) < 4.78 is 0. The Morgan fingerprint density at radius 1 is 1.17 bits per heavy atom. The monoisotopic (exact) mass is 157 g/mol. The van der Waals surface area contributed by atoms with Gasteiger partial charge in [0.25, 0.3) is 0 Å². The van der Waals surface area contributed by atoms with Crippen LogP contribution in [-0.2, 0) is 0 Å². The Balaban J connectivity index is 3.11. The van der Waals surface area contributed by atoms with Gasteiger partial charge in [-0.25, -0.2) is 0 Å². The third-order valence-electron chi connectivity index (χ3n) is 1.73. The lowest BCUT2D eigenvalue weighted by atomic mass is 10.0. The Bertz CT molecular complexity index is 333. The maximum Gasteiger partial charge on any atom is 0.0994 e. The third kappa shape index (κ3) is 1.96. The van der Waals surface area contributed by atoms with E-state index in [1.54, 1.807) is 0 Å². The lowest BCUT2D eigenvalue weighted by molar-refractivity contribution is 1.36. The molecule has 0 N–H and O–H groups in total. The third-order valence-corrected chi connectivity index (χ3v) is 1.73. The highest BCUT2D eigenvalue weighted by Gasteiger charge is 1.98. The Kier molecular flexibility index (Phi) is 2.66. The zero-order chi connectivity index (χ0) is 8.97. The van der Waals surface area contributed by atoms with Gasteiger partial charge in [0.2, 0.25) is 0 Å². The molecule has 0 saturated heterocycles. The van der Waals surface area contributed by atoms with Crippen molar-refractivity contribution in [2.45, 2.75) is 13.8 Å². The summed E-state index contributed by atoms with van der Waals surface area (Å²) in [5, 5.41) is 8.79. The number of rotatable bonds is 0. The Hall–Kier alpha value is -1.55. The quantitative estimate of drug-likeness (QED) is 0.530. The molecule has 0 amide bonds. The first kappa shape index (κ1) is 8.55. The maximum atomic E-state index is 8.79. The van der Waals surface area contributed by atoms with Crippen molar-refractivity contribution in [2.24, 2.45) is 0 Å². The van der Waals surface area contributed by atoms with Gasteiger partial charge in [-0.15, -0.1) is 0 Å². The Labute approximate surface area is 73.0 Å². The average Bonchev–Trinajstić information content (AvgIpc) is 2.05. The first-order chi connectivity index (χ1) is 5.74.